The Hall–Kier alpha value is -0.240. The molecule has 0 aliphatic rings. The van der Waals surface area contributed by atoms with Gasteiger partial charge < -0.3 is 0 Å². The van der Waals surface area contributed by atoms with Gasteiger partial charge in [0.1, 0.15) is 8.17 Å². The van der Waals surface area contributed by atoms with Crippen molar-refractivity contribution < 1.29 is 4.92 Å². The van der Waals surface area contributed by atoms with E-state index in [1.165, 1.54) is 12.3 Å². The lowest BCUT2D eigenvalue weighted by Gasteiger charge is -1.93. The molecule has 4 nitrogen and oxygen atoms in total. The van der Waals surface area contributed by atoms with Crippen LogP contribution in [0.3, 0.4) is 0 Å². The fourth-order valence-electron chi connectivity index (χ4n) is 0.543. The molecule has 0 radical (unpaired) electrons. The predicted octanol–water partition coefficient (Wildman–Crippen LogP) is 2.36. The Morgan fingerprint density at radius 2 is 2.36 bits per heavy atom. The van der Waals surface area contributed by atoms with Gasteiger partial charge in [-0.05, 0) is 38.5 Å². The van der Waals surface area contributed by atoms with Crippen LogP contribution in [0.1, 0.15) is 0 Å². The van der Waals surface area contributed by atoms with Gasteiger partial charge in [0.05, 0.1) is 4.92 Å². The summed E-state index contributed by atoms with van der Waals surface area (Å²) in [6.07, 6.45) is 1.45. The molecule has 1 heterocycles. The molecule has 0 spiro atoms. The van der Waals surface area contributed by atoms with Gasteiger partial charge in [-0.25, -0.2) is 4.98 Å². The number of rotatable bonds is 1. The first-order valence-electron chi connectivity index (χ1n) is 2.56. The monoisotopic (exact) mass is 328 g/mol. The Morgan fingerprint density at radius 1 is 1.73 bits per heavy atom. The molecule has 1 aromatic rings. The lowest BCUT2D eigenvalue weighted by Crippen LogP contribution is -1.92. The van der Waals surface area contributed by atoms with Crippen LogP contribution in [-0.2, 0) is 0 Å². The topological polar surface area (TPSA) is 56.0 Å². The smallest absolute Gasteiger partial charge is 0.258 e. The summed E-state index contributed by atoms with van der Waals surface area (Å²) in [4.78, 5) is 13.7. The van der Waals surface area contributed by atoms with Gasteiger partial charge >= 0.3 is 0 Å². The zero-order chi connectivity index (χ0) is 8.43. The van der Waals surface area contributed by atoms with Crippen LogP contribution in [0.5, 0.6) is 0 Å². The highest BCUT2D eigenvalue weighted by Gasteiger charge is 2.11. The van der Waals surface area contributed by atoms with Gasteiger partial charge in [0.25, 0.3) is 5.69 Å². The largest absolute Gasteiger partial charge is 0.286 e. The minimum Gasteiger partial charge on any atom is -0.258 e. The van der Waals surface area contributed by atoms with E-state index in [4.69, 9.17) is 0 Å². The lowest BCUT2D eigenvalue weighted by molar-refractivity contribution is -0.385. The fraction of sp³-hybridized carbons (Fsp3) is 0. The lowest BCUT2D eigenvalue weighted by atomic mass is 10.4. The molecule has 0 fully saturated rings. The summed E-state index contributed by atoms with van der Waals surface area (Å²) < 4.78 is 1.01. The van der Waals surface area contributed by atoms with Crippen molar-refractivity contribution in [1.29, 1.82) is 0 Å². The summed E-state index contributed by atoms with van der Waals surface area (Å²) in [5, 5.41) is 10.3. The van der Waals surface area contributed by atoms with E-state index in [1.54, 1.807) is 0 Å². The van der Waals surface area contributed by atoms with Crippen LogP contribution in [0.4, 0.5) is 5.69 Å². The number of nitrogens with zero attached hydrogens (tertiary/aromatic N) is 2. The van der Waals surface area contributed by atoms with Crippen LogP contribution in [0.25, 0.3) is 0 Å². The third-order valence-electron chi connectivity index (χ3n) is 0.998. The van der Waals surface area contributed by atoms with E-state index in [9.17, 15) is 10.1 Å². The molecule has 11 heavy (non-hydrogen) atoms. The average Bonchev–Trinajstić information content (AvgIpc) is 1.94. The van der Waals surface area contributed by atoms with Gasteiger partial charge in [-0.2, -0.15) is 0 Å². The maximum absolute atomic E-state index is 10.3. The molecule has 0 N–H and O–H groups in total. The third kappa shape index (κ3) is 2.09. The maximum atomic E-state index is 10.3. The van der Waals surface area contributed by atoms with Crippen molar-refractivity contribution in [2.45, 2.75) is 0 Å². The molecular formula is C5H2BrIN2O2. The SMILES string of the molecule is O=[N+]([O-])c1cc(Br)ncc1I. The van der Waals surface area contributed by atoms with Crippen LogP contribution in [-0.4, -0.2) is 9.91 Å². The van der Waals surface area contributed by atoms with E-state index in [1.807, 2.05) is 22.6 Å². The molecule has 6 heteroatoms. The van der Waals surface area contributed by atoms with Gasteiger partial charge in [-0.1, -0.05) is 0 Å². The van der Waals surface area contributed by atoms with E-state index in [-0.39, 0.29) is 5.69 Å². The molecule has 0 saturated carbocycles. The molecule has 0 bridgehead atoms. The van der Waals surface area contributed by atoms with Crippen LogP contribution in [0.15, 0.2) is 16.9 Å². The second kappa shape index (κ2) is 3.44. The highest BCUT2D eigenvalue weighted by atomic mass is 127. The Labute approximate surface area is 84.4 Å². The van der Waals surface area contributed by atoms with Crippen LogP contribution in [0, 0.1) is 13.7 Å². The second-order valence-electron chi connectivity index (χ2n) is 1.72. The number of hydrogen-bond acceptors (Lipinski definition) is 3. The number of halogens is 2. The van der Waals surface area contributed by atoms with Crippen molar-refractivity contribution in [1.82, 2.24) is 4.98 Å². The summed E-state index contributed by atoms with van der Waals surface area (Å²) in [6.45, 7) is 0. The van der Waals surface area contributed by atoms with E-state index in [0.29, 0.717) is 8.17 Å². The number of nitro groups is 1. The molecular weight excluding hydrogens is 327 g/mol. The van der Waals surface area contributed by atoms with Gasteiger partial charge in [-0.3, -0.25) is 10.1 Å². The Balaban J connectivity index is 3.23. The number of pyridine rings is 1. The van der Waals surface area contributed by atoms with Crippen molar-refractivity contribution in [2.24, 2.45) is 0 Å². The third-order valence-corrected chi connectivity index (χ3v) is 2.26. The highest BCUT2D eigenvalue weighted by molar-refractivity contribution is 14.1. The van der Waals surface area contributed by atoms with Crippen molar-refractivity contribution >= 4 is 44.2 Å². The molecule has 1 aromatic heterocycles. The zero-order valence-corrected chi connectivity index (χ0v) is 8.87. The summed E-state index contributed by atoms with van der Waals surface area (Å²) >= 11 is 4.91. The van der Waals surface area contributed by atoms with E-state index < -0.39 is 4.92 Å². The molecule has 0 aromatic carbocycles. The molecule has 0 unspecified atom stereocenters. The molecule has 1 rings (SSSR count). The molecule has 0 amide bonds. The van der Waals surface area contributed by atoms with E-state index >= 15 is 0 Å². The van der Waals surface area contributed by atoms with Gasteiger partial charge in [0.2, 0.25) is 0 Å². The van der Waals surface area contributed by atoms with Crippen molar-refractivity contribution in [3.05, 3.63) is 30.6 Å². The number of hydrogen-bond donors (Lipinski definition) is 0. The summed E-state index contributed by atoms with van der Waals surface area (Å²) in [6, 6.07) is 1.38. The van der Waals surface area contributed by atoms with Crippen molar-refractivity contribution in [3.63, 3.8) is 0 Å². The van der Waals surface area contributed by atoms with Gasteiger partial charge in [0.15, 0.2) is 0 Å². The Kier molecular flexibility index (Phi) is 2.77. The maximum Gasteiger partial charge on any atom is 0.286 e. The first kappa shape index (κ1) is 8.85. The average molecular weight is 329 g/mol. The molecule has 0 saturated heterocycles. The summed E-state index contributed by atoms with van der Waals surface area (Å²) in [5.74, 6) is 0. The van der Waals surface area contributed by atoms with Gasteiger partial charge in [0, 0.05) is 12.3 Å². The van der Waals surface area contributed by atoms with E-state index in [2.05, 4.69) is 20.9 Å². The minimum absolute atomic E-state index is 0.0764. The first-order chi connectivity index (χ1) is 5.11. The van der Waals surface area contributed by atoms with Crippen molar-refractivity contribution in [2.75, 3.05) is 0 Å². The molecule has 0 aliphatic heterocycles. The Bertz CT molecular complexity index is 305. The first-order valence-corrected chi connectivity index (χ1v) is 4.44. The number of aromatic nitrogens is 1. The van der Waals surface area contributed by atoms with Crippen molar-refractivity contribution in [3.8, 4) is 0 Å². The quantitative estimate of drug-likeness (QED) is 0.344. The standard InChI is InChI=1S/C5H2BrIN2O2/c6-5-1-4(9(10)11)3(7)2-8-5/h1-2H. The molecule has 0 atom stereocenters. The normalized spacial score (nSPS) is 9.64. The van der Waals surface area contributed by atoms with Crippen LogP contribution < -0.4 is 0 Å². The Morgan fingerprint density at radius 3 is 2.82 bits per heavy atom. The second-order valence-corrected chi connectivity index (χ2v) is 3.69. The van der Waals surface area contributed by atoms with Gasteiger partial charge in [-0.15, -0.1) is 0 Å². The summed E-state index contributed by atoms with van der Waals surface area (Å²) in [7, 11) is 0. The zero-order valence-electron chi connectivity index (χ0n) is 5.12. The minimum atomic E-state index is -0.436. The predicted molar refractivity (Wildman–Crippen MR) is 51.3 cm³/mol. The van der Waals surface area contributed by atoms with E-state index in [0.717, 1.165) is 0 Å². The van der Waals surface area contributed by atoms with Crippen LogP contribution >= 0.6 is 38.5 Å². The summed E-state index contributed by atoms with van der Waals surface area (Å²) in [5.41, 5.74) is 0.0764. The highest BCUT2D eigenvalue weighted by Crippen LogP contribution is 2.22. The fourth-order valence-corrected chi connectivity index (χ4v) is 1.35. The molecule has 58 valence electrons. The van der Waals surface area contributed by atoms with Crippen LogP contribution in [0.2, 0.25) is 0 Å². The molecule has 0 aliphatic carbocycles.